The van der Waals surface area contributed by atoms with Crippen LogP contribution in [-0.4, -0.2) is 107 Å². The van der Waals surface area contributed by atoms with Crippen LogP contribution < -0.4 is 5.32 Å². The van der Waals surface area contributed by atoms with E-state index in [-0.39, 0.29) is 18.9 Å². The van der Waals surface area contributed by atoms with Crippen molar-refractivity contribution in [2.75, 3.05) is 65.4 Å². The van der Waals surface area contributed by atoms with Crippen LogP contribution in [0.2, 0.25) is 0 Å². The Morgan fingerprint density at radius 3 is 2.00 bits per heavy atom. The van der Waals surface area contributed by atoms with Crippen LogP contribution in [0.1, 0.15) is 5.69 Å². The molecule has 0 amide bonds. The molecule has 0 aliphatic carbocycles. The topological polar surface area (TPSA) is 109 Å². The lowest BCUT2D eigenvalue weighted by Gasteiger charge is -2.30. The predicted octanol–water partition coefficient (Wildman–Crippen LogP) is -0.601. The molecular formula is C18H28FN5O4. The van der Waals surface area contributed by atoms with E-state index in [1.165, 1.54) is 18.3 Å². The number of rotatable bonds is 6. The zero-order valence-corrected chi connectivity index (χ0v) is 15.9. The average Bonchev–Trinajstić information content (AvgIpc) is 2.60. The van der Waals surface area contributed by atoms with Crippen molar-refractivity contribution in [1.29, 1.82) is 0 Å². The smallest absolute Gasteiger partial charge is 0.317 e. The molecule has 3 N–H and O–H groups in total. The van der Waals surface area contributed by atoms with Crippen molar-refractivity contribution >= 4 is 11.9 Å². The normalized spacial score (nSPS) is 18.9. The van der Waals surface area contributed by atoms with Gasteiger partial charge in [0.2, 0.25) is 0 Å². The van der Waals surface area contributed by atoms with Crippen molar-refractivity contribution < 1.29 is 24.2 Å². The molecule has 9 nitrogen and oxygen atoms in total. The van der Waals surface area contributed by atoms with Gasteiger partial charge in [-0.3, -0.25) is 29.3 Å². The Bertz CT molecular complexity index is 618. The maximum absolute atomic E-state index is 13.5. The molecule has 1 saturated heterocycles. The zero-order valence-electron chi connectivity index (χ0n) is 15.9. The van der Waals surface area contributed by atoms with E-state index < -0.39 is 11.9 Å². The quantitative estimate of drug-likeness (QED) is 0.580. The van der Waals surface area contributed by atoms with Gasteiger partial charge < -0.3 is 15.5 Å². The van der Waals surface area contributed by atoms with Crippen molar-refractivity contribution in [2.45, 2.75) is 6.54 Å². The van der Waals surface area contributed by atoms with E-state index in [2.05, 4.69) is 15.2 Å². The number of nitrogens with one attached hydrogen (secondary N) is 1. The molecule has 0 spiro atoms. The minimum absolute atomic E-state index is 0.0428. The number of halogens is 1. The molecule has 28 heavy (non-hydrogen) atoms. The first-order chi connectivity index (χ1) is 13.4. The standard InChI is InChI=1S/C18H28FN5O4/c19-15-1-2-21-16(11-15)12-24-9-7-22(13-17(25)26)5-3-20-4-6-23(8-10-24)14-18(27)28/h1-2,11,20H,3-10,12-14H2,(H,25,26)(H,27,28). The van der Waals surface area contributed by atoms with Gasteiger partial charge in [0.15, 0.2) is 0 Å². The second-order valence-corrected chi connectivity index (χ2v) is 6.83. The molecule has 2 heterocycles. The molecule has 1 fully saturated rings. The van der Waals surface area contributed by atoms with Gasteiger partial charge in [-0.25, -0.2) is 4.39 Å². The Labute approximate surface area is 163 Å². The highest BCUT2D eigenvalue weighted by Crippen LogP contribution is 2.06. The number of hydrogen-bond donors (Lipinski definition) is 3. The summed E-state index contributed by atoms with van der Waals surface area (Å²) in [6, 6.07) is 2.67. The van der Waals surface area contributed by atoms with Crippen molar-refractivity contribution in [1.82, 2.24) is 25.0 Å². The zero-order chi connectivity index (χ0) is 20.4. The second kappa shape index (κ2) is 11.6. The summed E-state index contributed by atoms with van der Waals surface area (Å²) in [5.41, 5.74) is 0.586. The third-order valence-corrected chi connectivity index (χ3v) is 4.56. The number of pyridine rings is 1. The van der Waals surface area contributed by atoms with Crippen LogP contribution in [0.4, 0.5) is 4.39 Å². The molecule has 0 saturated carbocycles. The van der Waals surface area contributed by atoms with Crippen LogP contribution in [0.15, 0.2) is 18.3 Å². The molecule has 0 radical (unpaired) electrons. The van der Waals surface area contributed by atoms with E-state index in [1.54, 1.807) is 0 Å². The lowest BCUT2D eigenvalue weighted by Crippen LogP contribution is -2.46. The molecular weight excluding hydrogens is 369 g/mol. The summed E-state index contributed by atoms with van der Waals surface area (Å²) in [5, 5.41) is 21.5. The SMILES string of the molecule is O=C(O)CN1CCNCCN(CC(=O)O)CCN(Cc2cc(F)ccn2)CC1. The van der Waals surface area contributed by atoms with E-state index in [1.807, 2.05) is 9.80 Å². The molecule has 0 atom stereocenters. The average molecular weight is 397 g/mol. The number of aromatic nitrogens is 1. The summed E-state index contributed by atoms with van der Waals surface area (Å²) in [4.78, 5) is 32.2. The maximum Gasteiger partial charge on any atom is 0.317 e. The van der Waals surface area contributed by atoms with Gasteiger partial charge in [-0.15, -0.1) is 0 Å². The Morgan fingerprint density at radius 1 is 0.964 bits per heavy atom. The maximum atomic E-state index is 13.5. The fraction of sp³-hybridized carbons (Fsp3) is 0.611. The highest BCUT2D eigenvalue weighted by Gasteiger charge is 2.17. The predicted molar refractivity (Wildman–Crippen MR) is 100 cm³/mol. The number of carboxylic acid groups (broad SMARTS) is 2. The lowest BCUT2D eigenvalue weighted by molar-refractivity contribution is -0.139. The Kier molecular flexibility index (Phi) is 9.21. The first-order valence-corrected chi connectivity index (χ1v) is 9.34. The number of carboxylic acids is 2. The molecule has 156 valence electrons. The van der Waals surface area contributed by atoms with Gasteiger partial charge in [-0.1, -0.05) is 0 Å². The fourth-order valence-electron chi connectivity index (χ4n) is 3.12. The molecule has 10 heteroatoms. The Hall–Kier alpha value is -2.14. The lowest BCUT2D eigenvalue weighted by atomic mass is 10.3. The first kappa shape index (κ1) is 22.2. The van der Waals surface area contributed by atoms with Crippen molar-refractivity contribution in [2.24, 2.45) is 0 Å². The van der Waals surface area contributed by atoms with E-state index in [9.17, 15) is 14.0 Å². The van der Waals surface area contributed by atoms with Crippen molar-refractivity contribution in [3.63, 3.8) is 0 Å². The first-order valence-electron chi connectivity index (χ1n) is 9.34. The Morgan fingerprint density at radius 2 is 1.50 bits per heavy atom. The molecule has 1 aliphatic rings. The molecule has 1 aromatic heterocycles. The van der Waals surface area contributed by atoms with Crippen LogP contribution in [0.25, 0.3) is 0 Å². The Balaban J connectivity index is 2.06. The van der Waals surface area contributed by atoms with Gasteiger partial charge >= 0.3 is 11.9 Å². The summed E-state index contributed by atoms with van der Waals surface area (Å²) in [5.74, 6) is -2.11. The van der Waals surface area contributed by atoms with Crippen molar-refractivity contribution in [3.8, 4) is 0 Å². The number of hydrogen-bond acceptors (Lipinski definition) is 7. The number of aliphatic carboxylic acids is 2. The molecule has 0 aromatic carbocycles. The summed E-state index contributed by atoms with van der Waals surface area (Å²) in [7, 11) is 0. The third-order valence-electron chi connectivity index (χ3n) is 4.56. The van der Waals surface area contributed by atoms with Crippen LogP contribution in [0, 0.1) is 5.82 Å². The largest absolute Gasteiger partial charge is 0.480 e. The van der Waals surface area contributed by atoms with Gasteiger partial charge in [-0.2, -0.15) is 0 Å². The van der Waals surface area contributed by atoms with Gasteiger partial charge in [0.25, 0.3) is 0 Å². The molecule has 0 bridgehead atoms. The summed E-state index contributed by atoms with van der Waals surface area (Å²) in [6.07, 6.45) is 1.42. The minimum atomic E-state index is -0.877. The van der Waals surface area contributed by atoms with Gasteiger partial charge in [0, 0.05) is 65.1 Å². The minimum Gasteiger partial charge on any atom is -0.480 e. The van der Waals surface area contributed by atoms with E-state index in [4.69, 9.17) is 10.2 Å². The van der Waals surface area contributed by atoms with Gasteiger partial charge in [0.1, 0.15) is 5.82 Å². The van der Waals surface area contributed by atoms with Gasteiger partial charge in [-0.05, 0) is 12.1 Å². The second-order valence-electron chi connectivity index (χ2n) is 6.83. The highest BCUT2D eigenvalue weighted by atomic mass is 19.1. The third kappa shape index (κ3) is 8.70. The molecule has 1 aliphatic heterocycles. The van der Waals surface area contributed by atoms with E-state index in [0.717, 1.165) is 0 Å². The molecule has 2 rings (SSSR count). The summed E-state index contributed by atoms with van der Waals surface area (Å²) in [6.45, 7) is 4.98. The molecule has 0 unspecified atom stereocenters. The molecule has 1 aromatic rings. The van der Waals surface area contributed by atoms with Crippen LogP contribution in [0.3, 0.4) is 0 Å². The van der Waals surface area contributed by atoms with Crippen LogP contribution in [0.5, 0.6) is 0 Å². The monoisotopic (exact) mass is 397 g/mol. The van der Waals surface area contributed by atoms with E-state index >= 15 is 0 Å². The van der Waals surface area contributed by atoms with Crippen molar-refractivity contribution in [3.05, 3.63) is 29.8 Å². The number of carbonyl (C=O) groups is 2. The highest BCUT2D eigenvalue weighted by molar-refractivity contribution is 5.69. The van der Waals surface area contributed by atoms with Gasteiger partial charge in [0.05, 0.1) is 18.8 Å². The number of nitrogens with zero attached hydrogens (tertiary/aromatic N) is 4. The van der Waals surface area contributed by atoms with E-state index in [0.29, 0.717) is 64.6 Å². The van der Waals surface area contributed by atoms with Crippen LogP contribution >= 0.6 is 0 Å². The summed E-state index contributed by atoms with van der Waals surface area (Å²) >= 11 is 0. The van der Waals surface area contributed by atoms with Crippen LogP contribution in [-0.2, 0) is 16.1 Å². The fourth-order valence-corrected chi connectivity index (χ4v) is 3.12. The summed E-state index contributed by atoms with van der Waals surface area (Å²) < 4.78 is 13.5.